The van der Waals surface area contributed by atoms with Gasteiger partial charge in [-0.15, -0.1) is 11.3 Å². The smallest absolute Gasteiger partial charge is 0.249 e. The molecule has 0 bridgehead atoms. The number of aryl methyl sites for hydroxylation is 1. The molecule has 7 nitrogen and oxygen atoms in total. The second-order valence-corrected chi connectivity index (χ2v) is 10.9. The van der Waals surface area contributed by atoms with Crippen molar-refractivity contribution < 1.29 is 8.42 Å². The van der Waals surface area contributed by atoms with E-state index in [1.54, 1.807) is 23.7 Å². The lowest BCUT2D eigenvalue weighted by molar-refractivity contribution is 0.208. The quantitative estimate of drug-likeness (QED) is 0.564. The zero-order chi connectivity index (χ0) is 21.2. The lowest BCUT2D eigenvalue weighted by atomic mass is 9.46. The highest BCUT2D eigenvalue weighted by atomic mass is 35.5. The molecule has 0 N–H and O–H groups in total. The minimum atomic E-state index is -4.17. The Kier molecular flexibility index (Phi) is 4.96. The summed E-state index contributed by atoms with van der Waals surface area (Å²) in [7, 11) is 20.9. The standard InChI is InChI=1S/C15H12B4ClN5O2S2/c1-8-21-5-13(28-8)29(26,27)25-14(16,17)3-9(4-15(25,18)19)10-6-24-12(2-11(10)20)22-7-23-24/h2,5-7,9H,3-4H2,1H3. The summed E-state index contributed by atoms with van der Waals surface area (Å²) in [6.45, 7) is 1.69. The van der Waals surface area contributed by atoms with E-state index < -0.39 is 26.6 Å². The van der Waals surface area contributed by atoms with Crippen LogP contribution in [0, 0.1) is 6.92 Å². The van der Waals surface area contributed by atoms with E-state index in [1.165, 1.54) is 12.5 Å². The number of fused-ring (bicyclic) bond motifs is 1. The van der Waals surface area contributed by atoms with Gasteiger partial charge in [-0.3, -0.25) is 0 Å². The van der Waals surface area contributed by atoms with Crippen molar-refractivity contribution in [3.8, 4) is 0 Å². The minimum Gasteiger partial charge on any atom is -0.249 e. The van der Waals surface area contributed by atoms with Gasteiger partial charge in [-0.2, -0.15) is 5.10 Å². The Hall–Kier alpha value is -1.29. The molecule has 1 aliphatic rings. The molecule has 0 aromatic carbocycles. The number of aromatic nitrogens is 4. The molecular weight excluding hydrogens is 425 g/mol. The molecule has 3 aromatic heterocycles. The van der Waals surface area contributed by atoms with E-state index in [-0.39, 0.29) is 17.1 Å². The van der Waals surface area contributed by atoms with E-state index >= 15 is 0 Å². The van der Waals surface area contributed by atoms with Gasteiger partial charge in [0.2, 0.25) is 0 Å². The van der Waals surface area contributed by atoms with E-state index in [0.717, 1.165) is 15.6 Å². The summed E-state index contributed by atoms with van der Waals surface area (Å²) in [6, 6.07) is 1.65. The molecule has 0 saturated carbocycles. The summed E-state index contributed by atoms with van der Waals surface area (Å²) in [4.78, 5) is 8.07. The highest BCUT2D eigenvalue weighted by Gasteiger charge is 2.50. The maximum atomic E-state index is 13.2. The van der Waals surface area contributed by atoms with Gasteiger partial charge in [0.1, 0.15) is 6.33 Å². The number of piperidine rings is 1. The van der Waals surface area contributed by atoms with Crippen LogP contribution in [0.3, 0.4) is 0 Å². The average Bonchev–Trinajstić information content (AvgIpc) is 3.19. The van der Waals surface area contributed by atoms with Crippen molar-refractivity contribution in [3.63, 3.8) is 0 Å². The topological polar surface area (TPSA) is 80.5 Å². The number of hydrogen-bond acceptors (Lipinski definition) is 6. The van der Waals surface area contributed by atoms with Crippen LogP contribution in [0.15, 0.2) is 29.0 Å². The normalized spacial score (nSPS) is 20.2. The van der Waals surface area contributed by atoms with Crippen LogP contribution < -0.4 is 0 Å². The van der Waals surface area contributed by atoms with Crippen molar-refractivity contribution in [2.24, 2.45) is 0 Å². The Morgan fingerprint density at radius 2 is 1.86 bits per heavy atom. The van der Waals surface area contributed by atoms with E-state index in [0.29, 0.717) is 21.2 Å². The number of hydrogen-bond donors (Lipinski definition) is 0. The lowest BCUT2D eigenvalue weighted by Crippen LogP contribution is -2.68. The van der Waals surface area contributed by atoms with Gasteiger partial charge in [0.25, 0.3) is 10.0 Å². The zero-order valence-corrected chi connectivity index (χ0v) is 17.7. The summed E-state index contributed by atoms with van der Waals surface area (Å²) in [6.07, 6.45) is 4.41. The summed E-state index contributed by atoms with van der Waals surface area (Å²) in [5.41, 5.74) is 1.22. The third-order valence-corrected chi connectivity index (χ3v) is 8.52. The molecule has 140 valence electrons. The predicted molar refractivity (Wildman–Crippen MR) is 114 cm³/mol. The molecular formula is C15H12B4ClN5O2S2. The van der Waals surface area contributed by atoms with Gasteiger partial charge in [0.15, 0.2) is 9.86 Å². The van der Waals surface area contributed by atoms with Gasteiger partial charge >= 0.3 is 0 Å². The van der Waals surface area contributed by atoms with E-state index in [9.17, 15) is 8.42 Å². The molecule has 3 aromatic rings. The minimum absolute atomic E-state index is 0.0314. The van der Waals surface area contributed by atoms with Crippen molar-refractivity contribution in [3.05, 3.63) is 40.4 Å². The monoisotopic (exact) mass is 437 g/mol. The number of rotatable bonds is 3. The first-order valence-electron chi connectivity index (χ1n) is 8.54. The van der Waals surface area contributed by atoms with Gasteiger partial charge in [0.05, 0.1) is 42.6 Å². The molecule has 0 unspecified atom stereocenters. The van der Waals surface area contributed by atoms with Crippen LogP contribution in [0.1, 0.15) is 29.3 Å². The first-order chi connectivity index (χ1) is 13.4. The second kappa shape index (κ2) is 6.87. The molecule has 0 atom stereocenters. The van der Waals surface area contributed by atoms with Crippen molar-refractivity contribution in [1.29, 1.82) is 0 Å². The van der Waals surface area contributed by atoms with E-state index in [1.807, 2.05) is 0 Å². The van der Waals surface area contributed by atoms with Crippen LogP contribution in [0.25, 0.3) is 5.65 Å². The molecule has 0 aliphatic carbocycles. The molecule has 1 aliphatic heterocycles. The average molecular weight is 437 g/mol. The fraction of sp³-hybridized carbons (Fsp3) is 0.400. The number of sulfonamides is 1. The number of nitrogens with zero attached hydrogens (tertiary/aromatic N) is 5. The van der Waals surface area contributed by atoms with Gasteiger partial charge < -0.3 is 0 Å². The summed E-state index contributed by atoms with van der Waals surface area (Å²) < 4.78 is 28.7. The maximum Gasteiger partial charge on any atom is 0.252 e. The fourth-order valence-corrected chi connectivity index (χ4v) is 7.01. The Morgan fingerprint density at radius 1 is 1.21 bits per heavy atom. The van der Waals surface area contributed by atoms with Crippen LogP contribution in [0.5, 0.6) is 0 Å². The highest BCUT2D eigenvalue weighted by molar-refractivity contribution is 7.91. The van der Waals surface area contributed by atoms with Gasteiger partial charge in [-0.05, 0) is 41.9 Å². The van der Waals surface area contributed by atoms with E-state index in [4.69, 9.17) is 43.0 Å². The number of pyridine rings is 1. The summed E-state index contributed by atoms with van der Waals surface area (Å²) in [5, 5.41) is 1.37. The Balaban J connectivity index is 1.76. The second-order valence-electron chi connectivity index (χ2n) is 7.19. The van der Waals surface area contributed by atoms with Crippen molar-refractivity contribution >= 4 is 70.0 Å². The SMILES string of the molecule is [B]C1([B])CC(c2cn3ncnc3cc2Cl)CC([B])([B])N1S(=O)(=O)c1cnc(C)s1. The highest BCUT2D eigenvalue weighted by Crippen LogP contribution is 2.46. The first-order valence-corrected chi connectivity index (χ1v) is 11.2. The number of thiazole rings is 1. The molecule has 4 rings (SSSR count). The number of halogens is 1. The third kappa shape index (κ3) is 3.56. The van der Waals surface area contributed by atoms with Crippen molar-refractivity contribution in [2.75, 3.05) is 0 Å². The molecule has 0 spiro atoms. The Morgan fingerprint density at radius 3 is 2.45 bits per heavy atom. The molecule has 0 amide bonds. The summed E-state index contributed by atoms with van der Waals surface area (Å²) >= 11 is 7.41. The molecule has 1 fully saturated rings. The predicted octanol–water partition coefficient (Wildman–Crippen LogP) is 0.698. The summed E-state index contributed by atoms with van der Waals surface area (Å²) in [5.74, 6) is -0.407. The van der Waals surface area contributed by atoms with Gasteiger partial charge in [-0.25, -0.2) is 27.2 Å². The van der Waals surface area contributed by atoms with Crippen LogP contribution in [-0.4, -0.2) is 74.4 Å². The maximum absolute atomic E-state index is 13.2. The zero-order valence-electron chi connectivity index (χ0n) is 15.4. The van der Waals surface area contributed by atoms with Gasteiger partial charge in [0, 0.05) is 17.3 Å². The third-order valence-electron chi connectivity index (χ3n) is 4.83. The Labute approximate surface area is 182 Å². The lowest BCUT2D eigenvalue weighted by Gasteiger charge is -2.55. The largest absolute Gasteiger partial charge is 0.252 e. The van der Waals surface area contributed by atoms with Crippen LogP contribution >= 0.6 is 22.9 Å². The van der Waals surface area contributed by atoms with Crippen LogP contribution in [-0.2, 0) is 10.0 Å². The first kappa shape index (κ1) is 21.0. The molecule has 4 heterocycles. The fourth-order valence-electron chi connectivity index (χ4n) is 3.79. The van der Waals surface area contributed by atoms with Crippen LogP contribution in [0.4, 0.5) is 0 Å². The molecule has 1 saturated heterocycles. The van der Waals surface area contributed by atoms with Crippen LogP contribution in [0.2, 0.25) is 5.02 Å². The molecule has 29 heavy (non-hydrogen) atoms. The van der Waals surface area contributed by atoms with Crippen molar-refractivity contribution in [2.45, 2.75) is 40.6 Å². The van der Waals surface area contributed by atoms with Crippen molar-refractivity contribution in [1.82, 2.24) is 23.9 Å². The van der Waals surface area contributed by atoms with Gasteiger partial charge in [-0.1, -0.05) is 11.6 Å². The Bertz CT molecular complexity index is 1180. The van der Waals surface area contributed by atoms with E-state index in [2.05, 4.69) is 15.1 Å². The molecule has 14 heteroatoms. The molecule has 8 radical (unpaired) electrons.